The number of hydrogen-bond donors (Lipinski definition) is 1. The SMILES string of the molecule is O=C(O)Cn1cc(C(=O)N2CCOCC2)nn1. The molecule has 0 aromatic carbocycles. The van der Waals surface area contributed by atoms with Crippen LogP contribution in [0, 0.1) is 0 Å². The average Bonchev–Trinajstić information content (AvgIpc) is 2.77. The lowest BCUT2D eigenvalue weighted by molar-refractivity contribution is -0.137. The number of carbonyl (C=O) groups excluding carboxylic acids is 1. The van der Waals surface area contributed by atoms with E-state index in [1.807, 2.05) is 0 Å². The van der Waals surface area contributed by atoms with Gasteiger partial charge in [0, 0.05) is 13.1 Å². The molecule has 0 atom stereocenters. The maximum absolute atomic E-state index is 11.9. The van der Waals surface area contributed by atoms with Gasteiger partial charge in [-0.25, -0.2) is 4.68 Å². The van der Waals surface area contributed by atoms with Crippen LogP contribution in [-0.2, 0) is 16.1 Å². The van der Waals surface area contributed by atoms with Crippen LogP contribution in [0.15, 0.2) is 6.20 Å². The van der Waals surface area contributed by atoms with Gasteiger partial charge in [0.05, 0.1) is 19.4 Å². The van der Waals surface area contributed by atoms with Gasteiger partial charge in [0.15, 0.2) is 5.69 Å². The molecule has 1 fully saturated rings. The van der Waals surface area contributed by atoms with Gasteiger partial charge in [-0.3, -0.25) is 9.59 Å². The van der Waals surface area contributed by atoms with Crippen LogP contribution < -0.4 is 0 Å². The van der Waals surface area contributed by atoms with Gasteiger partial charge in [-0.2, -0.15) is 0 Å². The molecule has 1 aromatic heterocycles. The number of carboxylic acid groups (broad SMARTS) is 1. The Bertz CT molecular complexity index is 424. The molecule has 1 aliphatic rings. The highest BCUT2D eigenvalue weighted by Crippen LogP contribution is 2.04. The van der Waals surface area contributed by atoms with E-state index in [4.69, 9.17) is 9.84 Å². The van der Waals surface area contributed by atoms with Crippen LogP contribution in [0.3, 0.4) is 0 Å². The molecule has 1 aromatic rings. The molecule has 8 heteroatoms. The zero-order valence-corrected chi connectivity index (χ0v) is 9.07. The molecular weight excluding hydrogens is 228 g/mol. The molecule has 0 bridgehead atoms. The van der Waals surface area contributed by atoms with E-state index in [2.05, 4.69) is 10.3 Å². The third-order valence-electron chi connectivity index (χ3n) is 2.35. The second-order valence-corrected chi connectivity index (χ2v) is 3.60. The van der Waals surface area contributed by atoms with Crippen LogP contribution in [0.2, 0.25) is 0 Å². The van der Waals surface area contributed by atoms with E-state index in [1.54, 1.807) is 4.90 Å². The Kier molecular flexibility index (Phi) is 3.33. The van der Waals surface area contributed by atoms with Crippen molar-refractivity contribution in [2.75, 3.05) is 26.3 Å². The van der Waals surface area contributed by atoms with Gasteiger partial charge in [0.1, 0.15) is 6.54 Å². The Balaban J connectivity index is 2.03. The molecule has 2 heterocycles. The Labute approximate surface area is 96.8 Å². The molecule has 8 nitrogen and oxygen atoms in total. The van der Waals surface area contributed by atoms with Crippen LogP contribution in [0.25, 0.3) is 0 Å². The molecule has 1 amide bonds. The van der Waals surface area contributed by atoms with E-state index in [1.165, 1.54) is 6.20 Å². The minimum atomic E-state index is -1.03. The third kappa shape index (κ3) is 2.78. The maximum atomic E-state index is 11.9. The Morgan fingerprint density at radius 2 is 2.12 bits per heavy atom. The number of rotatable bonds is 3. The molecule has 1 saturated heterocycles. The number of carboxylic acids is 1. The van der Waals surface area contributed by atoms with Gasteiger partial charge < -0.3 is 14.7 Å². The number of hydrogen-bond acceptors (Lipinski definition) is 5. The molecule has 17 heavy (non-hydrogen) atoms. The Morgan fingerprint density at radius 3 is 2.76 bits per heavy atom. The summed E-state index contributed by atoms with van der Waals surface area (Å²) in [6, 6.07) is 0. The van der Waals surface area contributed by atoms with E-state index >= 15 is 0 Å². The lowest BCUT2D eigenvalue weighted by Crippen LogP contribution is -2.40. The first kappa shape index (κ1) is 11.5. The van der Waals surface area contributed by atoms with E-state index in [0.29, 0.717) is 26.3 Å². The first-order valence-electron chi connectivity index (χ1n) is 5.16. The summed E-state index contributed by atoms with van der Waals surface area (Å²) in [4.78, 5) is 24.0. The molecule has 0 unspecified atom stereocenters. The molecule has 0 saturated carbocycles. The third-order valence-corrected chi connectivity index (χ3v) is 2.35. The fourth-order valence-corrected chi connectivity index (χ4v) is 1.54. The molecule has 0 spiro atoms. The number of ether oxygens (including phenoxy) is 1. The molecule has 2 rings (SSSR count). The lowest BCUT2D eigenvalue weighted by Gasteiger charge is -2.25. The highest BCUT2D eigenvalue weighted by atomic mass is 16.5. The van der Waals surface area contributed by atoms with Crippen LogP contribution in [0.1, 0.15) is 10.5 Å². The van der Waals surface area contributed by atoms with Crippen molar-refractivity contribution in [3.05, 3.63) is 11.9 Å². The van der Waals surface area contributed by atoms with Crippen LogP contribution >= 0.6 is 0 Å². The smallest absolute Gasteiger partial charge is 0.325 e. The van der Waals surface area contributed by atoms with Crippen LogP contribution in [0.5, 0.6) is 0 Å². The number of morpholine rings is 1. The first-order valence-corrected chi connectivity index (χ1v) is 5.16. The number of aromatic nitrogens is 3. The van der Waals surface area contributed by atoms with Crippen molar-refractivity contribution in [3.63, 3.8) is 0 Å². The minimum absolute atomic E-state index is 0.160. The van der Waals surface area contributed by atoms with Crippen molar-refractivity contribution >= 4 is 11.9 Å². The predicted molar refractivity (Wildman–Crippen MR) is 54.4 cm³/mol. The largest absolute Gasteiger partial charge is 0.480 e. The van der Waals surface area contributed by atoms with Gasteiger partial charge in [-0.1, -0.05) is 5.21 Å². The summed E-state index contributed by atoms with van der Waals surface area (Å²) in [5.74, 6) is -1.27. The molecule has 0 aliphatic carbocycles. The fourth-order valence-electron chi connectivity index (χ4n) is 1.54. The monoisotopic (exact) mass is 240 g/mol. The van der Waals surface area contributed by atoms with Crippen molar-refractivity contribution in [2.24, 2.45) is 0 Å². The van der Waals surface area contributed by atoms with Gasteiger partial charge in [-0.05, 0) is 0 Å². The molecule has 1 N–H and O–H groups in total. The molecule has 92 valence electrons. The number of aliphatic carboxylic acids is 1. The highest BCUT2D eigenvalue weighted by molar-refractivity contribution is 5.92. The van der Waals surface area contributed by atoms with Crippen molar-refractivity contribution in [1.29, 1.82) is 0 Å². The van der Waals surface area contributed by atoms with Crippen molar-refractivity contribution < 1.29 is 19.4 Å². The van der Waals surface area contributed by atoms with Crippen LogP contribution in [-0.4, -0.2) is 63.2 Å². The fraction of sp³-hybridized carbons (Fsp3) is 0.556. The summed E-state index contributed by atoms with van der Waals surface area (Å²) >= 11 is 0. The number of nitrogens with zero attached hydrogens (tertiary/aromatic N) is 4. The van der Waals surface area contributed by atoms with Gasteiger partial charge in [0.2, 0.25) is 0 Å². The first-order chi connectivity index (χ1) is 8.16. The summed E-state index contributed by atoms with van der Waals surface area (Å²) in [5.41, 5.74) is 0.160. The minimum Gasteiger partial charge on any atom is -0.480 e. The molecule has 1 aliphatic heterocycles. The topological polar surface area (TPSA) is 97.5 Å². The summed E-state index contributed by atoms with van der Waals surface area (Å²) < 4.78 is 6.25. The summed E-state index contributed by atoms with van der Waals surface area (Å²) in [5, 5.41) is 15.8. The van der Waals surface area contributed by atoms with Gasteiger partial charge >= 0.3 is 5.97 Å². The Morgan fingerprint density at radius 1 is 1.41 bits per heavy atom. The number of amides is 1. The molecule has 0 radical (unpaired) electrons. The van der Waals surface area contributed by atoms with Crippen molar-refractivity contribution in [2.45, 2.75) is 6.54 Å². The predicted octanol–water partition coefficient (Wildman–Crippen LogP) is -1.16. The van der Waals surface area contributed by atoms with Gasteiger partial charge in [-0.15, -0.1) is 5.10 Å². The highest BCUT2D eigenvalue weighted by Gasteiger charge is 2.21. The van der Waals surface area contributed by atoms with E-state index in [-0.39, 0.29) is 18.1 Å². The van der Waals surface area contributed by atoms with Crippen molar-refractivity contribution in [1.82, 2.24) is 19.9 Å². The Hall–Kier alpha value is -1.96. The van der Waals surface area contributed by atoms with Gasteiger partial charge in [0.25, 0.3) is 5.91 Å². The summed E-state index contributed by atoms with van der Waals surface area (Å²) in [6.07, 6.45) is 1.34. The van der Waals surface area contributed by atoms with E-state index in [9.17, 15) is 9.59 Å². The van der Waals surface area contributed by atoms with Crippen LogP contribution in [0.4, 0.5) is 0 Å². The normalized spacial score (nSPS) is 15.9. The zero-order valence-electron chi connectivity index (χ0n) is 9.07. The second kappa shape index (κ2) is 4.91. The number of carbonyl (C=O) groups is 2. The van der Waals surface area contributed by atoms with E-state index < -0.39 is 5.97 Å². The average molecular weight is 240 g/mol. The zero-order chi connectivity index (χ0) is 12.3. The van der Waals surface area contributed by atoms with Crippen molar-refractivity contribution in [3.8, 4) is 0 Å². The standard InChI is InChI=1S/C9H12N4O4/c14-8(15)6-13-5-7(10-11-13)9(16)12-1-3-17-4-2-12/h5H,1-4,6H2,(H,14,15). The summed E-state index contributed by atoms with van der Waals surface area (Å²) in [7, 11) is 0. The maximum Gasteiger partial charge on any atom is 0.325 e. The van der Waals surface area contributed by atoms with E-state index in [0.717, 1.165) is 4.68 Å². The quantitative estimate of drug-likeness (QED) is 0.715. The summed E-state index contributed by atoms with van der Waals surface area (Å²) in [6.45, 7) is 1.75. The second-order valence-electron chi connectivity index (χ2n) is 3.60. The lowest BCUT2D eigenvalue weighted by atomic mass is 10.3. The molecular formula is C9H12N4O4.